The molecule has 0 aliphatic carbocycles. The number of nitrogens with zero attached hydrogens (tertiary/aromatic N) is 1. The molecule has 2 aliphatic heterocycles. The van der Waals surface area contributed by atoms with Gasteiger partial charge in [-0.3, -0.25) is 19.8 Å². The Labute approximate surface area is 144 Å². The molecule has 1 saturated heterocycles. The molecule has 2 aromatic rings. The van der Waals surface area contributed by atoms with Gasteiger partial charge in [-0.1, -0.05) is 43.0 Å². The van der Waals surface area contributed by atoms with Gasteiger partial charge in [-0.15, -0.1) is 0 Å². The van der Waals surface area contributed by atoms with E-state index >= 15 is 0 Å². The van der Waals surface area contributed by atoms with Crippen LogP contribution in [-0.4, -0.2) is 22.7 Å². The minimum Gasteiger partial charge on any atom is -0.323 e. The van der Waals surface area contributed by atoms with Crippen LogP contribution in [0.3, 0.4) is 0 Å². The molecule has 1 atom stereocenters. The number of hydrogen-bond donors (Lipinski definition) is 2. The van der Waals surface area contributed by atoms with Crippen LogP contribution in [0, 0.1) is 0 Å². The van der Waals surface area contributed by atoms with Crippen LogP contribution in [0.1, 0.15) is 22.3 Å². The Morgan fingerprint density at radius 1 is 1.08 bits per heavy atom. The van der Waals surface area contributed by atoms with Crippen LogP contribution in [-0.2, 0) is 15.1 Å². The molecule has 124 valence electrons. The summed E-state index contributed by atoms with van der Waals surface area (Å²) in [5.41, 5.74) is 3.27. The van der Waals surface area contributed by atoms with E-state index in [1.165, 1.54) is 0 Å². The van der Waals surface area contributed by atoms with E-state index in [0.717, 1.165) is 5.01 Å². The van der Waals surface area contributed by atoms with Crippen molar-refractivity contribution < 1.29 is 14.4 Å². The first-order chi connectivity index (χ1) is 12.0. The topological polar surface area (TPSA) is 78.5 Å². The van der Waals surface area contributed by atoms with Gasteiger partial charge in [-0.05, 0) is 18.2 Å². The molecule has 0 saturated carbocycles. The summed E-state index contributed by atoms with van der Waals surface area (Å²) in [5, 5.41) is 3.91. The Morgan fingerprint density at radius 2 is 1.76 bits per heavy atom. The highest BCUT2D eigenvalue weighted by Crippen LogP contribution is 2.47. The molecule has 2 aromatic carbocycles. The number of hydrazine groups is 1. The van der Waals surface area contributed by atoms with Gasteiger partial charge < -0.3 is 5.32 Å². The fourth-order valence-electron chi connectivity index (χ4n) is 3.40. The molecule has 3 amide bonds. The lowest BCUT2D eigenvalue weighted by molar-refractivity contribution is -0.140. The maximum atomic E-state index is 12.8. The summed E-state index contributed by atoms with van der Waals surface area (Å²) in [5.74, 6) is -1.27. The summed E-state index contributed by atoms with van der Waals surface area (Å²) in [6, 6.07) is 15.7. The first-order valence-corrected chi connectivity index (χ1v) is 7.83. The van der Waals surface area contributed by atoms with Crippen molar-refractivity contribution in [1.82, 2.24) is 10.4 Å². The Hall–Kier alpha value is -3.41. The van der Waals surface area contributed by atoms with Crippen molar-refractivity contribution in [2.24, 2.45) is 0 Å². The van der Waals surface area contributed by atoms with Gasteiger partial charge in [0.2, 0.25) is 0 Å². The summed E-state index contributed by atoms with van der Waals surface area (Å²) < 4.78 is 0. The van der Waals surface area contributed by atoms with Gasteiger partial charge >= 0.3 is 0 Å². The molecular weight excluding hydrogens is 318 g/mol. The van der Waals surface area contributed by atoms with Crippen LogP contribution in [0.5, 0.6) is 0 Å². The second kappa shape index (κ2) is 5.31. The van der Waals surface area contributed by atoms with E-state index in [9.17, 15) is 14.4 Å². The number of nitrogens with one attached hydrogen (secondary N) is 2. The fraction of sp³-hybridized carbons (Fsp3) is 0.105. The van der Waals surface area contributed by atoms with Crippen molar-refractivity contribution in [3.8, 4) is 0 Å². The average molecular weight is 333 g/mol. The molecule has 2 heterocycles. The molecule has 0 radical (unpaired) electrons. The molecule has 1 fully saturated rings. The maximum absolute atomic E-state index is 12.8. The molecule has 25 heavy (non-hydrogen) atoms. The van der Waals surface area contributed by atoms with Crippen molar-refractivity contribution in [1.29, 1.82) is 0 Å². The summed E-state index contributed by atoms with van der Waals surface area (Å²) in [6.45, 7) is 3.77. The number of anilines is 1. The summed E-state index contributed by atoms with van der Waals surface area (Å²) in [6.07, 6.45) is 0.129. The molecule has 0 bridgehead atoms. The van der Waals surface area contributed by atoms with Crippen LogP contribution in [0.25, 0.3) is 0 Å². The molecular formula is C19H15N3O3. The molecule has 6 heteroatoms. The number of rotatable bonds is 2. The SMILES string of the molecule is C=C1CC2(C(=O)Nc3ccccc32)N(NC(=O)c2ccccc2)C1=O. The van der Waals surface area contributed by atoms with Gasteiger partial charge in [0.15, 0.2) is 5.54 Å². The average Bonchev–Trinajstić information content (AvgIpc) is 3.05. The quantitative estimate of drug-likeness (QED) is 0.825. The third-order valence-corrected chi connectivity index (χ3v) is 4.60. The third kappa shape index (κ3) is 2.07. The van der Waals surface area contributed by atoms with E-state index in [1.54, 1.807) is 54.6 Å². The van der Waals surface area contributed by atoms with Crippen LogP contribution < -0.4 is 10.7 Å². The number of amides is 3. The van der Waals surface area contributed by atoms with Crippen molar-refractivity contribution in [2.45, 2.75) is 12.0 Å². The lowest BCUT2D eigenvalue weighted by Gasteiger charge is -2.32. The molecule has 2 N–H and O–H groups in total. The Kier molecular flexibility index (Phi) is 3.21. The van der Waals surface area contributed by atoms with E-state index in [-0.39, 0.29) is 17.9 Å². The second-order valence-corrected chi connectivity index (χ2v) is 6.09. The monoisotopic (exact) mass is 333 g/mol. The largest absolute Gasteiger partial charge is 0.323 e. The molecule has 1 unspecified atom stereocenters. The minimum absolute atomic E-state index is 0.129. The van der Waals surface area contributed by atoms with Crippen molar-refractivity contribution in [3.63, 3.8) is 0 Å². The zero-order valence-corrected chi connectivity index (χ0v) is 13.3. The van der Waals surface area contributed by atoms with Crippen LogP contribution >= 0.6 is 0 Å². The van der Waals surface area contributed by atoms with Crippen molar-refractivity contribution >= 4 is 23.4 Å². The van der Waals surface area contributed by atoms with Crippen LogP contribution in [0.15, 0.2) is 66.7 Å². The van der Waals surface area contributed by atoms with Gasteiger partial charge in [0.05, 0.1) is 0 Å². The van der Waals surface area contributed by atoms with E-state index in [2.05, 4.69) is 17.3 Å². The molecule has 1 spiro atoms. The summed E-state index contributed by atoms with van der Waals surface area (Å²) in [7, 11) is 0. The standard InChI is InChI=1S/C19H15N3O3/c1-12-11-19(14-9-5-6-10-15(14)20-18(19)25)22(17(12)24)21-16(23)13-7-3-2-4-8-13/h2-10H,1,11H2,(H,20,25)(H,21,23). The van der Waals surface area contributed by atoms with Gasteiger partial charge in [-0.2, -0.15) is 0 Å². The number of benzene rings is 2. The maximum Gasteiger partial charge on any atom is 0.269 e. The highest BCUT2D eigenvalue weighted by Gasteiger charge is 2.59. The second-order valence-electron chi connectivity index (χ2n) is 6.09. The molecule has 2 aliphatic rings. The highest BCUT2D eigenvalue weighted by atomic mass is 16.2. The van der Waals surface area contributed by atoms with Gasteiger partial charge in [0.25, 0.3) is 17.7 Å². The van der Waals surface area contributed by atoms with E-state index < -0.39 is 17.4 Å². The zero-order chi connectivity index (χ0) is 17.6. The van der Waals surface area contributed by atoms with Gasteiger partial charge in [0.1, 0.15) is 0 Å². The lowest BCUT2D eigenvalue weighted by Crippen LogP contribution is -2.56. The van der Waals surface area contributed by atoms with E-state index in [0.29, 0.717) is 16.8 Å². The predicted octanol–water partition coefficient (Wildman–Crippen LogP) is 1.97. The van der Waals surface area contributed by atoms with Crippen molar-refractivity contribution in [3.05, 3.63) is 77.9 Å². The van der Waals surface area contributed by atoms with Crippen LogP contribution in [0.2, 0.25) is 0 Å². The number of hydrogen-bond acceptors (Lipinski definition) is 3. The first-order valence-electron chi connectivity index (χ1n) is 7.83. The summed E-state index contributed by atoms with van der Waals surface area (Å²) >= 11 is 0. The molecule has 0 aromatic heterocycles. The van der Waals surface area contributed by atoms with E-state index in [4.69, 9.17) is 0 Å². The van der Waals surface area contributed by atoms with Gasteiger partial charge in [-0.25, -0.2) is 5.01 Å². The Morgan fingerprint density at radius 3 is 2.52 bits per heavy atom. The first kappa shape index (κ1) is 15.1. The zero-order valence-electron chi connectivity index (χ0n) is 13.3. The molecule has 6 nitrogen and oxygen atoms in total. The fourth-order valence-corrected chi connectivity index (χ4v) is 3.40. The number of carbonyl (C=O) groups is 3. The Balaban J connectivity index is 1.77. The molecule has 4 rings (SSSR count). The third-order valence-electron chi connectivity index (χ3n) is 4.60. The predicted molar refractivity (Wildman–Crippen MR) is 91.3 cm³/mol. The summed E-state index contributed by atoms with van der Waals surface area (Å²) in [4.78, 5) is 37.9. The van der Waals surface area contributed by atoms with Gasteiger partial charge in [0, 0.05) is 28.8 Å². The van der Waals surface area contributed by atoms with E-state index in [1.807, 2.05) is 0 Å². The number of fused-ring (bicyclic) bond motifs is 2. The van der Waals surface area contributed by atoms with Crippen molar-refractivity contribution in [2.75, 3.05) is 5.32 Å². The number of para-hydroxylation sites is 1. The Bertz CT molecular complexity index is 923. The van der Waals surface area contributed by atoms with Crippen LogP contribution in [0.4, 0.5) is 5.69 Å². The minimum atomic E-state index is -1.30. The highest BCUT2D eigenvalue weighted by molar-refractivity contribution is 6.13. The number of carbonyl (C=O) groups excluding carboxylic acids is 3. The smallest absolute Gasteiger partial charge is 0.269 e. The normalized spacial score (nSPS) is 21.4. The lowest BCUT2D eigenvalue weighted by atomic mass is 9.88.